The first-order chi connectivity index (χ1) is 13.2. The molecule has 3 aromatic rings. The molecule has 1 amide bonds. The molecule has 0 N–H and O–H groups in total. The quantitative estimate of drug-likeness (QED) is 0.685. The molecule has 0 atom stereocenters. The molecule has 0 aromatic carbocycles. The average molecular weight is 379 g/mol. The van der Waals surface area contributed by atoms with Gasteiger partial charge in [0.2, 0.25) is 5.91 Å². The normalized spacial score (nSPS) is 16.8. The zero-order valence-electron chi connectivity index (χ0n) is 15.3. The van der Waals surface area contributed by atoms with Crippen molar-refractivity contribution in [3.05, 3.63) is 35.0 Å². The Balaban J connectivity index is 1.62. The Hall–Kier alpha value is -2.54. The van der Waals surface area contributed by atoms with E-state index in [1.807, 2.05) is 34.6 Å². The maximum absolute atomic E-state index is 11.7. The smallest absolute Gasteiger partial charge is 0.219 e. The van der Waals surface area contributed by atoms with Gasteiger partial charge in [-0.25, -0.2) is 9.97 Å². The van der Waals surface area contributed by atoms with Crippen molar-refractivity contribution >= 4 is 33.3 Å². The second-order valence-electron chi connectivity index (χ2n) is 7.14. The first-order valence-electron chi connectivity index (χ1n) is 9.44. The van der Waals surface area contributed by atoms with Gasteiger partial charge >= 0.3 is 0 Å². The largest absolute Gasteiger partial charge is 0.352 e. The minimum atomic E-state index is 0.148. The standard InChI is InChI=1S/C20H21N5OS/c1-13(26)24-8-10-25(11-9-24)19-17-15-5-2-6-16(15)27-20(17)23-18(22-19)14-4-3-7-21-12-14/h3-4,7,12H,2,5-6,8-11H2,1H3. The number of carbonyl (C=O) groups is 1. The van der Waals surface area contributed by atoms with Gasteiger partial charge in [0.25, 0.3) is 0 Å². The second kappa shape index (κ2) is 6.56. The molecule has 3 aromatic heterocycles. The summed E-state index contributed by atoms with van der Waals surface area (Å²) in [5.41, 5.74) is 2.38. The Kier molecular flexibility index (Phi) is 4.04. The lowest BCUT2D eigenvalue weighted by Crippen LogP contribution is -2.48. The third-order valence-corrected chi connectivity index (χ3v) is 6.68. The van der Waals surface area contributed by atoms with Crippen molar-refractivity contribution in [1.82, 2.24) is 19.9 Å². The molecule has 0 unspecified atom stereocenters. The van der Waals surface area contributed by atoms with Gasteiger partial charge in [-0.1, -0.05) is 0 Å². The van der Waals surface area contributed by atoms with E-state index in [0.29, 0.717) is 0 Å². The highest BCUT2D eigenvalue weighted by molar-refractivity contribution is 7.19. The summed E-state index contributed by atoms with van der Waals surface area (Å²) in [6.07, 6.45) is 7.07. The van der Waals surface area contributed by atoms with E-state index in [4.69, 9.17) is 9.97 Å². The highest BCUT2D eigenvalue weighted by Crippen LogP contribution is 2.41. The van der Waals surface area contributed by atoms with Crippen molar-refractivity contribution in [3.63, 3.8) is 0 Å². The summed E-state index contributed by atoms with van der Waals surface area (Å²) >= 11 is 1.82. The van der Waals surface area contributed by atoms with E-state index in [-0.39, 0.29) is 5.91 Å². The van der Waals surface area contributed by atoms with Crippen molar-refractivity contribution in [2.75, 3.05) is 31.1 Å². The summed E-state index contributed by atoms with van der Waals surface area (Å²) in [5, 5.41) is 1.23. The first-order valence-corrected chi connectivity index (χ1v) is 10.3. The van der Waals surface area contributed by atoms with Gasteiger partial charge < -0.3 is 9.80 Å². The van der Waals surface area contributed by atoms with E-state index < -0.39 is 0 Å². The van der Waals surface area contributed by atoms with Gasteiger partial charge in [-0.3, -0.25) is 9.78 Å². The molecule has 1 fully saturated rings. The van der Waals surface area contributed by atoms with Crippen LogP contribution >= 0.6 is 11.3 Å². The van der Waals surface area contributed by atoms with E-state index in [1.165, 1.54) is 22.2 Å². The molecule has 1 aliphatic heterocycles. The number of nitrogens with zero attached hydrogens (tertiary/aromatic N) is 5. The number of carbonyl (C=O) groups excluding carboxylic acids is 1. The molecule has 0 spiro atoms. The van der Waals surface area contributed by atoms with Gasteiger partial charge in [0, 0.05) is 55.9 Å². The third-order valence-electron chi connectivity index (χ3n) is 5.49. The summed E-state index contributed by atoms with van der Waals surface area (Å²) in [6, 6.07) is 3.93. The van der Waals surface area contributed by atoms with Crippen LogP contribution in [0.3, 0.4) is 0 Å². The number of amides is 1. The van der Waals surface area contributed by atoms with Crippen LogP contribution in [-0.2, 0) is 17.6 Å². The Morgan fingerprint density at radius 2 is 2.00 bits per heavy atom. The lowest BCUT2D eigenvalue weighted by atomic mass is 10.1. The lowest BCUT2D eigenvalue weighted by Gasteiger charge is -2.35. The van der Waals surface area contributed by atoms with Crippen LogP contribution in [0.15, 0.2) is 24.5 Å². The fourth-order valence-electron chi connectivity index (χ4n) is 4.06. The Morgan fingerprint density at radius 1 is 1.15 bits per heavy atom. The van der Waals surface area contributed by atoms with Crippen LogP contribution in [0, 0.1) is 0 Å². The Bertz CT molecular complexity index is 1010. The van der Waals surface area contributed by atoms with Gasteiger partial charge in [0.05, 0.1) is 5.39 Å². The van der Waals surface area contributed by atoms with Crippen molar-refractivity contribution in [2.45, 2.75) is 26.2 Å². The van der Waals surface area contributed by atoms with Crippen molar-refractivity contribution < 1.29 is 4.79 Å². The van der Waals surface area contributed by atoms with Crippen LogP contribution in [0.25, 0.3) is 21.6 Å². The number of aryl methyl sites for hydroxylation is 2. The molecule has 6 nitrogen and oxygen atoms in total. The number of thiophene rings is 1. The lowest BCUT2D eigenvalue weighted by molar-refractivity contribution is -0.129. The highest BCUT2D eigenvalue weighted by atomic mass is 32.1. The number of aromatic nitrogens is 3. The molecule has 27 heavy (non-hydrogen) atoms. The van der Waals surface area contributed by atoms with Crippen LogP contribution < -0.4 is 4.90 Å². The summed E-state index contributed by atoms with van der Waals surface area (Å²) < 4.78 is 0. The SMILES string of the molecule is CC(=O)N1CCN(c2nc(-c3cccnc3)nc3sc4c(c23)CCC4)CC1. The van der Waals surface area contributed by atoms with Crippen LogP contribution in [-0.4, -0.2) is 51.9 Å². The molecule has 5 rings (SSSR count). The molecule has 0 saturated carbocycles. The van der Waals surface area contributed by atoms with Crippen molar-refractivity contribution in [2.24, 2.45) is 0 Å². The second-order valence-corrected chi connectivity index (χ2v) is 8.23. The van der Waals surface area contributed by atoms with E-state index in [1.54, 1.807) is 13.1 Å². The van der Waals surface area contributed by atoms with Crippen LogP contribution in [0.4, 0.5) is 5.82 Å². The summed E-state index contributed by atoms with van der Waals surface area (Å²) in [5.74, 6) is 1.91. The van der Waals surface area contributed by atoms with Gasteiger partial charge in [0.15, 0.2) is 5.82 Å². The number of hydrogen-bond donors (Lipinski definition) is 0. The fourth-order valence-corrected chi connectivity index (χ4v) is 5.32. The predicted octanol–water partition coefficient (Wildman–Crippen LogP) is 2.91. The number of rotatable bonds is 2. The van der Waals surface area contributed by atoms with E-state index in [0.717, 1.165) is 61.1 Å². The van der Waals surface area contributed by atoms with Crippen LogP contribution in [0.5, 0.6) is 0 Å². The Labute approximate surface area is 161 Å². The maximum Gasteiger partial charge on any atom is 0.219 e. The fraction of sp³-hybridized carbons (Fsp3) is 0.400. The predicted molar refractivity (Wildman–Crippen MR) is 107 cm³/mol. The number of piperazine rings is 1. The molecule has 7 heteroatoms. The highest BCUT2D eigenvalue weighted by Gasteiger charge is 2.27. The molecule has 0 bridgehead atoms. The molecule has 2 aliphatic rings. The van der Waals surface area contributed by atoms with Gasteiger partial charge in [0.1, 0.15) is 10.6 Å². The molecular weight excluding hydrogens is 358 g/mol. The van der Waals surface area contributed by atoms with Crippen molar-refractivity contribution in [1.29, 1.82) is 0 Å². The minimum absolute atomic E-state index is 0.148. The van der Waals surface area contributed by atoms with E-state index >= 15 is 0 Å². The van der Waals surface area contributed by atoms with E-state index in [9.17, 15) is 4.79 Å². The molecule has 1 aliphatic carbocycles. The number of anilines is 1. The molecule has 1 saturated heterocycles. The monoisotopic (exact) mass is 379 g/mol. The maximum atomic E-state index is 11.7. The third kappa shape index (κ3) is 2.86. The first kappa shape index (κ1) is 16.6. The topological polar surface area (TPSA) is 62.2 Å². The van der Waals surface area contributed by atoms with Crippen LogP contribution in [0.1, 0.15) is 23.8 Å². The number of pyridine rings is 1. The Morgan fingerprint density at radius 3 is 2.74 bits per heavy atom. The zero-order valence-corrected chi connectivity index (χ0v) is 16.1. The van der Waals surface area contributed by atoms with Crippen LogP contribution in [0.2, 0.25) is 0 Å². The molecular formula is C20H21N5OS. The summed E-state index contributed by atoms with van der Waals surface area (Å²) in [4.78, 5) is 32.6. The van der Waals surface area contributed by atoms with Gasteiger partial charge in [-0.2, -0.15) is 0 Å². The van der Waals surface area contributed by atoms with Crippen molar-refractivity contribution in [3.8, 4) is 11.4 Å². The average Bonchev–Trinajstić information content (AvgIpc) is 3.29. The molecule has 0 radical (unpaired) electrons. The van der Waals surface area contributed by atoms with Gasteiger partial charge in [-0.05, 0) is 37.0 Å². The summed E-state index contributed by atoms with van der Waals surface area (Å²) in [6.45, 7) is 4.75. The number of hydrogen-bond acceptors (Lipinski definition) is 6. The van der Waals surface area contributed by atoms with E-state index in [2.05, 4.69) is 9.88 Å². The summed E-state index contributed by atoms with van der Waals surface area (Å²) in [7, 11) is 0. The number of fused-ring (bicyclic) bond motifs is 3. The zero-order chi connectivity index (χ0) is 18.4. The molecule has 4 heterocycles. The van der Waals surface area contributed by atoms with Gasteiger partial charge in [-0.15, -0.1) is 11.3 Å². The minimum Gasteiger partial charge on any atom is -0.352 e. The molecule has 138 valence electrons.